The molecule has 1 aromatic rings. The number of aliphatic hydroxyl groups is 1. The van der Waals surface area contributed by atoms with Gasteiger partial charge in [-0.05, 0) is 32.4 Å². The smallest absolute Gasteiger partial charge is 0.328 e. The van der Waals surface area contributed by atoms with Crippen molar-refractivity contribution in [2.75, 3.05) is 13.2 Å². The summed E-state index contributed by atoms with van der Waals surface area (Å²) >= 11 is 0. The third-order valence-corrected chi connectivity index (χ3v) is 2.93. The zero-order valence-electron chi connectivity index (χ0n) is 12.2. The standard InChI is InChI=1S/C15H20N2O4/c1-11(2)17(8-3-9-18)15(21)13-6-7-16-10-12(13)4-5-14(19)20/h4-7,10-11,18H,3,8-9H2,1-2H3,(H,19,20). The molecule has 0 saturated carbocycles. The summed E-state index contributed by atoms with van der Waals surface area (Å²) in [4.78, 5) is 28.8. The van der Waals surface area contributed by atoms with Crippen molar-refractivity contribution in [3.8, 4) is 0 Å². The van der Waals surface area contributed by atoms with E-state index in [4.69, 9.17) is 10.2 Å². The molecular formula is C15H20N2O4. The Morgan fingerprint density at radius 2 is 2.14 bits per heavy atom. The SMILES string of the molecule is CC(C)N(CCCO)C(=O)c1ccncc1C=CC(=O)O. The van der Waals surface area contributed by atoms with Gasteiger partial charge in [-0.25, -0.2) is 4.79 Å². The van der Waals surface area contributed by atoms with Gasteiger partial charge in [-0.3, -0.25) is 9.78 Å². The first-order valence-electron chi connectivity index (χ1n) is 6.74. The van der Waals surface area contributed by atoms with Gasteiger partial charge in [-0.1, -0.05) is 0 Å². The quantitative estimate of drug-likeness (QED) is 0.742. The monoisotopic (exact) mass is 292 g/mol. The van der Waals surface area contributed by atoms with Crippen LogP contribution in [-0.4, -0.2) is 51.2 Å². The van der Waals surface area contributed by atoms with E-state index in [1.807, 2.05) is 13.8 Å². The van der Waals surface area contributed by atoms with Gasteiger partial charge in [-0.2, -0.15) is 0 Å². The molecule has 0 bridgehead atoms. The second-order valence-electron chi connectivity index (χ2n) is 4.80. The number of carboxylic acids is 1. The van der Waals surface area contributed by atoms with Gasteiger partial charge >= 0.3 is 5.97 Å². The van der Waals surface area contributed by atoms with E-state index < -0.39 is 5.97 Å². The van der Waals surface area contributed by atoms with Crippen LogP contribution in [0.1, 0.15) is 36.2 Å². The van der Waals surface area contributed by atoms with Crippen LogP contribution in [0, 0.1) is 0 Å². The van der Waals surface area contributed by atoms with E-state index in [9.17, 15) is 9.59 Å². The van der Waals surface area contributed by atoms with Crippen LogP contribution >= 0.6 is 0 Å². The Morgan fingerprint density at radius 3 is 2.71 bits per heavy atom. The van der Waals surface area contributed by atoms with E-state index in [2.05, 4.69) is 4.98 Å². The molecule has 0 saturated heterocycles. The van der Waals surface area contributed by atoms with Crippen molar-refractivity contribution in [1.29, 1.82) is 0 Å². The molecule has 0 fully saturated rings. The lowest BCUT2D eigenvalue weighted by molar-refractivity contribution is -0.131. The molecule has 0 unspecified atom stereocenters. The van der Waals surface area contributed by atoms with Crippen molar-refractivity contribution in [2.45, 2.75) is 26.3 Å². The van der Waals surface area contributed by atoms with Crippen LogP contribution in [0.2, 0.25) is 0 Å². The fourth-order valence-corrected chi connectivity index (χ4v) is 1.89. The molecule has 0 atom stereocenters. The number of rotatable bonds is 7. The summed E-state index contributed by atoms with van der Waals surface area (Å²) in [6, 6.07) is 1.55. The lowest BCUT2D eigenvalue weighted by Gasteiger charge is -2.27. The normalized spacial score (nSPS) is 11.0. The zero-order chi connectivity index (χ0) is 15.8. The highest BCUT2D eigenvalue weighted by molar-refractivity contribution is 5.98. The highest BCUT2D eigenvalue weighted by Gasteiger charge is 2.20. The van der Waals surface area contributed by atoms with Crippen LogP contribution < -0.4 is 0 Å². The highest BCUT2D eigenvalue weighted by Crippen LogP contribution is 2.14. The summed E-state index contributed by atoms with van der Waals surface area (Å²) < 4.78 is 0. The Hall–Kier alpha value is -2.21. The largest absolute Gasteiger partial charge is 0.478 e. The predicted octanol–water partition coefficient (Wildman–Crippen LogP) is 1.41. The molecule has 0 aliphatic heterocycles. The molecule has 1 heterocycles. The Morgan fingerprint density at radius 1 is 1.43 bits per heavy atom. The third-order valence-electron chi connectivity index (χ3n) is 2.93. The molecule has 2 N–H and O–H groups in total. The van der Waals surface area contributed by atoms with E-state index in [-0.39, 0.29) is 18.6 Å². The van der Waals surface area contributed by atoms with E-state index in [0.717, 1.165) is 6.08 Å². The van der Waals surface area contributed by atoms with Crippen LogP contribution in [-0.2, 0) is 4.79 Å². The van der Waals surface area contributed by atoms with Crippen LogP contribution in [0.4, 0.5) is 0 Å². The average Bonchev–Trinajstić information content (AvgIpc) is 2.45. The number of carbonyl (C=O) groups is 2. The molecule has 0 aliphatic carbocycles. The maximum absolute atomic E-state index is 12.6. The van der Waals surface area contributed by atoms with Crippen LogP contribution in [0.5, 0.6) is 0 Å². The molecule has 0 spiro atoms. The third kappa shape index (κ3) is 5.00. The number of nitrogens with zero attached hydrogens (tertiary/aromatic N) is 2. The number of carbonyl (C=O) groups excluding carboxylic acids is 1. The fourth-order valence-electron chi connectivity index (χ4n) is 1.89. The van der Waals surface area contributed by atoms with Crippen molar-refractivity contribution in [1.82, 2.24) is 9.88 Å². The average molecular weight is 292 g/mol. The summed E-state index contributed by atoms with van der Waals surface area (Å²) in [6.07, 6.45) is 5.77. The molecule has 0 aliphatic rings. The molecule has 114 valence electrons. The zero-order valence-corrected chi connectivity index (χ0v) is 12.2. The number of hydrogen-bond acceptors (Lipinski definition) is 4. The van der Waals surface area contributed by atoms with Gasteiger partial charge in [-0.15, -0.1) is 0 Å². The van der Waals surface area contributed by atoms with E-state index in [1.54, 1.807) is 11.0 Å². The second-order valence-corrected chi connectivity index (χ2v) is 4.80. The predicted molar refractivity (Wildman–Crippen MR) is 78.8 cm³/mol. The van der Waals surface area contributed by atoms with Crippen molar-refractivity contribution >= 4 is 18.0 Å². The van der Waals surface area contributed by atoms with Gasteiger partial charge in [0.1, 0.15) is 0 Å². The topological polar surface area (TPSA) is 90.7 Å². The molecule has 1 aromatic heterocycles. The molecule has 6 heteroatoms. The number of hydrogen-bond donors (Lipinski definition) is 2. The summed E-state index contributed by atoms with van der Waals surface area (Å²) in [6.45, 7) is 4.24. The first kappa shape index (κ1) is 16.8. The summed E-state index contributed by atoms with van der Waals surface area (Å²) in [5.41, 5.74) is 0.855. The van der Waals surface area contributed by atoms with E-state index >= 15 is 0 Å². The number of aliphatic hydroxyl groups excluding tert-OH is 1. The number of aliphatic carboxylic acids is 1. The Kier molecular flexibility index (Phi) is 6.55. The molecular weight excluding hydrogens is 272 g/mol. The molecule has 1 amide bonds. The van der Waals surface area contributed by atoms with Gasteiger partial charge in [0.25, 0.3) is 5.91 Å². The van der Waals surface area contributed by atoms with Gasteiger partial charge in [0, 0.05) is 48.8 Å². The summed E-state index contributed by atoms with van der Waals surface area (Å²) in [7, 11) is 0. The van der Waals surface area contributed by atoms with Gasteiger partial charge < -0.3 is 15.1 Å². The minimum Gasteiger partial charge on any atom is -0.478 e. The lowest BCUT2D eigenvalue weighted by atomic mass is 10.1. The lowest BCUT2D eigenvalue weighted by Crippen LogP contribution is -2.38. The number of amides is 1. The Balaban J connectivity index is 3.07. The van der Waals surface area contributed by atoms with Crippen LogP contribution in [0.15, 0.2) is 24.5 Å². The molecule has 1 rings (SSSR count). The maximum atomic E-state index is 12.6. The first-order chi connectivity index (χ1) is 9.97. The second kappa shape index (κ2) is 8.16. The van der Waals surface area contributed by atoms with E-state index in [0.29, 0.717) is 24.1 Å². The first-order valence-corrected chi connectivity index (χ1v) is 6.74. The Labute approximate surface area is 123 Å². The highest BCUT2D eigenvalue weighted by atomic mass is 16.4. The molecule has 0 aromatic carbocycles. The maximum Gasteiger partial charge on any atom is 0.328 e. The fraction of sp³-hybridized carbons (Fsp3) is 0.400. The van der Waals surface area contributed by atoms with E-state index in [1.165, 1.54) is 18.5 Å². The van der Waals surface area contributed by atoms with Crippen molar-refractivity contribution < 1.29 is 19.8 Å². The van der Waals surface area contributed by atoms with Crippen LogP contribution in [0.25, 0.3) is 6.08 Å². The summed E-state index contributed by atoms with van der Waals surface area (Å²) in [5.74, 6) is -1.29. The van der Waals surface area contributed by atoms with Crippen molar-refractivity contribution in [2.24, 2.45) is 0 Å². The minimum absolute atomic E-state index is 0.0125. The number of carboxylic acid groups (broad SMARTS) is 1. The molecule has 6 nitrogen and oxygen atoms in total. The molecule has 0 radical (unpaired) electrons. The van der Waals surface area contributed by atoms with Crippen molar-refractivity contribution in [3.63, 3.8) is 0 Å². The Bertz CT molecular complexity index is 526. The van der Waals surface area contributed by atoms with Crippen molar-refractivity contribution in [3.05, 3.63) is 35.7 Å². The minimum atomic E-state index is -1.08. The van der Waals surface area contributed by atoms with Gasteiger partial charge in [0.2, 0.25) is 0 Å². The van der Waals surface area contributed by atoms with Gasteiger partial charge in [0.15, 0.2) is 0 Å². The molecule has 21 heavy (non-hydrogen) atoms. The summed E-state index contributed by atoms with van der Waals surface area (Å²) in [5, 5.41) is 17.6. The van der Waals surface area contributed by atoms with Gasteiger partial charge in [0.05, 0.1) is 0 Å². The van der Waals surface area contributed by atoms with Crippen LogP contribution in [0.3, 0.4) is 0 Å². The number of aromatic nitrogens is 1. The number of pyridine rings is 1.